The van der Waals surface area contributed by atoms with Gasteiger partial charge in [-0.2, -0.15) is 0 Å². The molecule has 0 bridgehead atoms. The van der Waals surface area contributed by atoms with E-state index < -0.39 is 0 Å². The molecule has 0 fully saturated rings. The van der Waals surface area contributed by atoms with Crippen LogP contribution in [-0.4, -0.2) is 0 Å². The van der Waals surface area contributed by atoms with Gasteiger partial charge in [0.15, 0.2) is 0 Å². The summed E-state index contributed by atoms with van der Waals surface area (Å²) in [6.45, 7) is 9.09. The van der Waals surface area contributed by atoms with Gasteiger partial charge in [-0.25, -0.2) is 0 Å². The second kappa shape index (κ2) is 4.80. The molecule has 1 rings (SSSR count). The lowest BCUT2D eigenvalue weighted by Gasteiger charge is -2.04. The summed E-state index contributed by atoms with van der Waals surface area (Å²) in [5.74, 6) is 0.693. The minimum Gasteiger partial charge on any atom is -0.145 e. The van der Waals surface area contributed by atoms with Gasteiger partial charge in [-0.15, -0.1) is 11.3 Å². The third-order valence-electron chi connectivity index (χ3n) is 2.34. The van der Waals surface area contributed by atoms with Gasteiger partial charge in [-0.1, -0.05) is 34.1 Å². The lowest BCUT2D eigenvalue weighted by Crippen LogP contribution is -1.89. The van der Waals surface area contributed by atoms with E-state index in [2.05, 4.69) is 33.8 Å². The largest absolute Gasteiger partial charge is 0.145 e. The molecule has 74 valence electrons. The first-order valence-electron chi connectivity index (χ1n) is 5.30. The summed E-state index contributed by atoms with van der Waals surface area (Å²) in [5.41, 5.74) is 1.59. The van der Waals surface area contributed by atoms with E-state index in [1.54, 1.807) is 15.3 Å². The summed E-state index contributed by atoms with van der Waals surface area (Å²) in [7, 11) is 0. The van der Waals surface area contributed by atoms with Crippen LogP contribution in [-0.2, 0) is 12.8 Å². The minimum atomic E-state index is 0.693. The molecule has 1 heteroatoms. The highest BCUT2D eigenvalue weighted by Gasteiger charge is 2.10. The highest BCUT2D eigenvalue weighted by molar-refractivity contribution is 7.12. The highest BCUT2D eigenvalue weighted by Crippen LogP contribution is 2.29. The Balaban J connectivity index is 2.93. The maximum absolute atomic E-state index is 2.40. The van der Waals surface area contributed by atoms with Crippen molar-refractivity contribution in [2.24, 2.45) is 0 Å². The summed E-state index contributed by atoms with van der Waals surface area (Å²) in [6, 6.07) is 2.40. The zero-order valence-electron chi connectivity index (χ0n) is 9.18. The van der Waals surface area contributed by atoms with Crippen LogP contribution in [0.15, 0.2) is 6.07 Å². The Kier molecular flexibility index (Phi) is 3.98. The lowest BCUT2D eigenvalue weighted by molar-refractivity contribution is 0.835. The number of thiophene rings is 1. The Bertz CT molecular complexity index is 258. The monoisotopic (exact) mass is 196 g/mol. The first kappa shape index (κ1) is 10.8. The molecule has 0 aliphatic carbocycles. The van der Waals surface area contributed by atoms with Gasteiger partial charge >= 0.3 is 0 Å². The van der Waals surface area contributed by atoms with Crippen LogP contribution in [0.3, 0.4) is 0 Å². The molecular weight excluding hydrogens is 176 g/mol. The van der Waals surface area contributed by atoms with Crippen molar-refractivity contribution in [1.82, 2.24) is 0 Å². The maximum atomic E-state index is 2.40. The Hall–Kier alpha value is -0.300. The van der Waals surface area contributed by atoms with E-state index in [1.807, 2.05) is 11.3 Å². The fraction of sp³-hybridized carbons (Fsp3) is 0.667. The smallest absolute Gasteiger partial charge is 0.00826 e. The van der Waals surface area contributed by atoms with Gasteiger partial charge in [-0.3, -0.25) is 0 Å². The third-order valence-corrected chi connectivity index (χ3v) is 3.70. The van der Waals surface area contributed by atoms with Crippen LogP contribution in [0.5, 0.6) is 0 Å². The third kappa shape index (κ3) is 2.57. The number of aryl methyl sites for hydroxylation is 2. The summed E-state index contributed by atoms with van der Waals surface area (Å²) in [4.78, 5) is 3.17. The standard InChI is InChI=1S/C12H20S/c1-5-7-12-11(9(3)4)8-10(6-2)13-12/h8-9H,5-7H2,1-4H3. The molecule has 1 aromatic rings. The normalized spacial score (nSPS) is 11.2. The van der Waals surface area contributed by atoms with Crippen molar-refractivity contribution < 1.29 is 0 Å². The minimum absolute atomic E-state index is 0.693. The van der Waals surface area contributed by atoms with Crippen molar-refractivity contribution in [2.75, 3.05) is 0 Å². The Morgan fingerprint density at radius 1 is 1.31 bits per heavy atom. The van der Waals surface area contributed by atoms with Crippen molar-refractivity contribution in [3.63, 3.8) is 0 Å². The van der Waals surface area contributed by atoms with Gasteiger partial charge in [0, 0.05) is 9.75 Å². The van der Waals surface area contributed by atoms with E-state index in [1.165, 1.54) is 19.3 Å². The van der Waals surface area contributed by atoms with Gasteiger partial charge in [0.05, 0.1) is 0 Å². The van der Waals surface area contributed by atoms with Crippen LogP contribution in [0.1, 0.15) is 55.4 Å². The molecule has 0 N–H and O–H groups in total. The molecular formula is C12H20S. The van der Waals surface area contributed by atoms with Crippen LogP contribution >= 0.6 is 11.3 Å². The van der Waals surface area contributed by atoms with Gasteiger partial charge in [0.2, 0.25) is 0 Å². The quantitative estimate of drug-likeness (QED) is 0.670. The molecule has 0 aromatic carbocycles. The first-order valence-corrected chi connectivity index (χ1v) is 6.12. The zero-order valence-corrected chi connectivity index (χ0v) is 10.0. The SMILES string of the molecule is CCCc1sc(CC)cc1C(C)C. The van der Waals surface area contributed by atoms with E-state index in [9.17, 15) is 0 Å². The van der Waals surface area contributed by atoms with Gasteiger partial charge in [0.1, 0.15) is 0 Å². The molecule has 0 radical (unpaired) electrons. The molecule has 0 spiro atoms. The van der Waals surface area contributed by atoms with E-state index in [-0.39, 0.29) is 0 Å². The summed E-state index contributed by atoms with van der Waals surface area (Å²) >= 11 is 2.01. The Morgan fingerprint density at radius 2 is 2.00 bits per heavy atom. The maximum Gasteiger partial charge on any atom is 0.00826 e. The molecule has 0 atom stereocenters. The molecule has 0 aliphatic rings. The van der Waals surface area contributed by atoms with E-state index >= 15 is 0 Å². The van der Waals surface area contributed by atoms with Crippen LogP contribution in [0.4, 0.5) is 0 Å². The van der Waals surface area contributed by atoms with Crippen LogP contribution in [0.25, 0.3) is 0 Å². The van der Waals surface area contributed by atoms with Crippen LogP contribution in [0.2, 0.25) is 0 Å². The first-order chi connectivity index (χ1) is 6.19. The second-order valence-corrected chi connectivity index (χ2v) is 5.07. The Morgan fingerprint density at radius 3 is 2.46 bits per heavy atom. The van der Waals surface area contributed by atoms with Crippen LogP contribution < -0.4 is 0 Å². The van der Waals surface area contributed by atoms with Crippen molar-refractivity contribution in [2.45, 2.75) is 52.9 Å². The van der Waals surface area contributed by atoms with E-state index in [0.717, 1.165) is 0 Å². The predicted octanol–water partition coefficient (Wildman–Crippen LogP) is 4.39. The Labute approximate surface area is 86.0 Å². The topological polar surface area (TPSA) is 0 Å². The predicted molar refractivity (Wildman–Crippen MR) is 61.8 cm³/mol. The molecule has 0 saturated carbocycles. The van der Waals surface area contributed by atoms with Gasteiger partial charge in [0.25, 0.3) is 0 Å². The number of hydrogen-bond donors (Lipinski definition) is 0. The molecule has 0 nitrogen and oxygen atoms in total. The summed E-state index contributed by atoms with van der Waals surface area (Å²) < 4.78 is 0. The fourth-order valence-corrected chi connectivity index (χ4v) is 2.95. The molecule has 0 unspecified atom stereocenters. The van der Waals surface area contributed by atoms with Crippen LogP contribution in [0, 0.1) is 0 Å². The van der Waals surface area contributed by atoms with Crippen molar-refractivity contribution >= 4 is 11.3 Å². The van der Waals surface area contributed by atoms with Gasteiger partial charge in [-0.05, 0) is 30.4 Å². The molecule has 1 heterocycles. The highest BCUT2D eigenvalue weighted by atomic mass is 32.1. The summed E-state index contributed by atoms with van der Waals surface area (Å²) in [5, 5.41) is 0. The molecule has 13 heavy (non-hydrogen) atoms. The molecule has 0 aliphatic heterocycles. The van der Waals surface area contributed by atoms with Crippen molar-refractivity contribution in [1.29, 1.82) is 0 Å². The van der Waals surface area contributed by atoms with E-state index in [4.69, 9.17) is 0 Å². The van der Waals surface area contributed by atoms with Crippen molar-refractivity contribution in [3.05, 3.63) is 21.4 Å². The van der Waals surface area contributed by atoms with Gasteiger partial charge < -0.3 is 0 Å². The molecule has 0 amide bonds. The van der Waals surface area contributed by atoms with E-state index in [0.29, 0.717) is 5.92 Å². The zero-order chi connectivity index (χ0) is 9.84. The number of rotatable bonds is 4. The second-order valence-electron chi connectivity index (χ2n) is 3.85. The lowest BCUT2D eigenvalue weighted by atomic mass is 10.0. The van der Waals surface area contributed by atoms with Crippen molar-refractivity contribution in [3.8, 4) is 0 Å². The molecule has 1 aromatic heterocycles. The fourth-order valence-electron chi connectivity index (χ4n) is 1.59. The summed E-state index contributed by atoms with van der Waals surface area (Å²) in [6.07, 6.45) is 3.72. The average Bonchev–Trinajstić information content (AvgIpc) is 2.48. The number of hydrogen-bond acceptors (Lipinski definition) is 1. The molecule has 0 saturated heterocycles. The average molecular weight is 196 g/mol.